The summed E-state index contributed by atoms with van der Waals surface area (Å²) >= 11 is 5.86. The van der Waals surface area contributed by atoms with Crippen molar-refractivity contribution in [2.24, 2.45) is 0 Å². The van der Waals surface area contributed by atoms with Gasteiger partial charge in [0, 0.05) is 6.07 Å². The van der Waals surface area contributed by atoms with Gasteiger partial charge < -0.3 is 4.74 Å². The standard InChI is InChI=1S/C22H21ClFNO3S/c1-15-6-4-7-17(12-15)16(2)25(18-8-5-9-19(13-18)28-3)29(26,27)20-10-11-22(24)21(23)14-20/h4-14,16H,1-3H3. The van der Waals surface area contributed by atoms with E-state index in [2.05, 4.69) is 0 Å². The molecule has 0 saturated carbocycles. The number of ether oxygens (including phenoxy) is 1. The number of sulfonamides is 1. The number of benzene rings is 3. The van der Waals surface area contributed by atoms with Crippen molar-refractivity contribution in [1.82, 2.24) is 0 Å². The monoisotopic (exact) mass is 433 g/mol. The van der Waals surface area contributed by atoms with E-state index in [-0.39, 0.29) is 9.92 Å². The number of nitrogens with zero attached hydrogens (tertiary/aromatic N) is 1. The van der Waals surface area contributed by atoms with Gasteiger partial charge in [0.05, 0.1) is 28.8 Å². The molecule has 0 bridgehead atoms. The van der Waals surface area contributed by atoms with Crippen LogP contribution in [0.1, 0.15) is 24.1 Å². The van der Waals surface area contributed by atoms with E-state index in [1.807, 2.05) is 31.2 Å². The molecule has 0 amide bonds. The molecular weight excluding hydrogens is 413 g/mol. The molecule has 0 spiro atoms. The van der Waals surface area contributed by atoms with Crippen LogP contribution >= 0.6 is 11.6 Å². The SMILES string of the molecule is COc1cccc(N(C(C)c2cccc(C)c2)S(=O)(=O)c2ccc(F)c(Cl)c2)c1. The second kappa shape index (κ2) is 8.43. The Balaban J connectivity index is 2.19. The molecule has 0 aliphatic heterocycles. The van der Waals surface area contributed by atoms with Gasteiger partial charge in [0.15, 0.2) is 0 Å². The zero-order valence-electron chi connectivity index (χ0n) is 16.3. The van der Waals surface area contributed by atoms with E-state index in [9.17, 15) is 12.8 Å². The van der Waals surface area contributed by atoms with Crippen molar-refractivity contribution in [3.05, 3.63) is 88.7 Å². The Kier molecular flexibility index (Phi) is 6.15. The van der Waals surface area contributed by atoms with E-state index in [0.29, 0.717) is 11.4 Å². The minimum Gasteiger partial charge on any atom is -0.497 e. The van der Waals surface area contributed by atoms with Gasteiger partial charge in [-0.15, -0.1) is 0 Å². The van der Waals surface area contributed by atoms with Gasteiger partial charge in [0.1, 0.15) is 11.6 Å². The van der Waals surface area contributed by atoms with E-state index >= 15 is 0 Å². The van der Waals surface area contributed by atoms with Crippen LogP contribution < -0.4 is 9.04 Å². The molecule has 4 nitrogen and oxygen atoms in total. The van der Waals surface area contributed by atoms with Crippen LogP contribution in [0.5, 0.6) is 5.75 Å². The first-order valence-corrected chi connectivity index (χ1v) is 10.8. The Bertz CT molecular complexity index is 1130. The maximum absolute atomic E-state index is 13.6. The summed E-state index contributed by atoms with van der Waals surface area (Å²) < 4.78 is 47.4. The first-order valence-electron chi connectivity index (χ1n) is 8.94. The molecule has 3 rings (SSSR count). The molecule has 0 fully saturated rings. The van der Waals surface area contributed by atoms with Gasteiger partial charge in [-0.3, -0.25) is 4.31 Å². The van der Waals surface area contributed by atoms with Crippen molar-refractivity contribution < 1.29 is 17.5 Å². The van der Waals surface area contributed by atoms with E-state index in [4.69, 9.17) is 16.3 Å². The lowest BCUT2D eigenvalue weighted by atomic mass is 10.1. The molecule has 0 radical (unpaired) electrons. The predicted molar refractivity (Wildman–Crippen MR) is 114 cm³/mol. The molecule has 0 aliphatic rings. The average Bonchev–Trinajstić information content (AvgIpc) is 2.70. The van der Waals surface area contributed by atoms with Gasteiger partial charge >= 0.3 is 0 Å². The second-order valence-electron chi connectivity index (χ2n) is 6.67. The smallest absolute Gasteiger partial charge is 0.264 e. The largest absolute Gasteiger partial charge is 0.497 e. The zero-order valence-corrected chi connectivity index (χ0v) is 17.8. The number of anilines is 1. The third kappa shape index (κ3) is 4.38. The van der Waals surface area contributed by atoms with Crippen molar-refractivity contribution in [3.8, 4) is 5.75 Å². The quantitative estimate of drug-likeness (QED) is 0.497. The van der Waals surface area contributed by atoms with Crippen LogP contribution in [-0.4, -0.2) is 15.5 Å². The van der Waals surface area contributed by atoms with Crippen LogP contribution in [0.25, 0.3) is 0 Å². The van der Waals surface area contributed by atoms with Crippen LogP contribution in [0.4, 0.5) is 10.1 Å². The minimum absolute atomic E-state index is 0.0915. The first-order chi connectivity index (χ1) is 13.7. The third-order valence-electron chi connectivity index (χ3n) is 4.63. The molecule has 0 saturated heterocycles. The molecule has 0 aliphatic carbocycles. The molecular formula is C22H21ClFNO3S. The average molecular weight is 434 g/mol. The van der Waals surface area contributed by atoms with Crippen LogP contribution in [-0.2, 0) is 10.0 Å². The highest BCUT2D eigenvalue weighted by atomic mass is 35.5. The Morgan fingerprint density at radius 1 is 1.03 bits per heavy atom. The summed E-state index contributed by atoms with van der Waals surface area (Å²) in [5, 5.41) is -0.250. The maximum atomic E-state index is 13.6. The van der Waals surface area contributed by atoms with Gasteiger partial charge in [-0.25, -0.2) is 12.8 Å². The predicted octanol–water partition coefficient (Wildman–Crippen LogP) is 5.75. The Hall–Kier alpha value is -2.57. The van der Waals surface area contributed by atoms with E-state index in [1.54, 1.807) is 31.2 Å². The molecule has 1 unspecified atom stereocenters. The topological polar surface area (TPSA) is 46.6 Å². The van der Waals surface area contributed by atoms with Crippen LogP contribution in [0.2, 0.25) is 5.02 Å². The third-order valence-corrected chi connectivity index (χ3v) is 6.82. The fourth-order valence-electron chi connectivity index (χ4n) is 3.13. The lowest BCUT2D eigenvalue weighted by Gasteiger charge is -2.31. The summed E-state index contributed by atoms with van der Waals surface area (Å²) in [5.41, 5.74) is 2.27. The summed E-state index contributed by atoms with van der Waals surface area (Å²) in [4.78, 5) is -0.0915. The van der Waals surface area contributed by atoms with Gasteiger partial charge in [-0.1, -0.05) is 47.5 Å². The van der Waals surface area contributed by atoms with Gasteiger partial charge in [-0.05, 0) is 49.7 Å². The van der Waals surface area contributed by atoms with Crippen molar-refractivity contribution in [3.63, 3.8) is 0 Å². The summed E-state index contributed by atoms with van der Waals surface area (Å²) in [6.07, 6.45) is 0. The van der Waals surface area contributed by atoms with Crippen molar-refractivity contribution in [2.45, 2.75) is 24.8 Å². The van der Waals surface area contributed by atoms with Crippen LogP contribution in [0, 0.1) is 12.7 Å². The molecule has 0 N–H and O–H groups in total. The van der Waals surface area contributed by atoms with E-state index in [0.717, 1.165) is 23.3 Å². The van der Waals surface area contributed by atoms with Gasteiger partial charge in [-0.2, -0.15) is 0 Å². The molecule has 152 valence electrons. The van der Waals surface area contributed by atoms with E-state index < -0.39 is 21.9 Å². The number of hydrogen-bond acceptors (Lipinski definition) is 3. The van der Waals surface area contributed by atoms with Gasteiger partial charge in [0.2, 0.25) is 0 Å². The fraction of sp³-hybridized carbons (Fsp3) is 0.182. The maximum Gasteiger partial charge on any atom is 0.264 e. The highest BCUT2D eigenvalue weighted by Crippen LogP contribution is 2.35. The van der Waals surface area contributed by atoms with Crippen molar-refractivity contribution >= 4 is 27.3 Å². The Labute approximate surface area is 175 Å². The van der Waals surface area contributed by atoms with E-state index in [1.165, 1.54) is 17.5 Å². The summed E-state index contributed by atoms with van der Waals surface area (Å²) in [6.45, 7) is 3.75. The molecule has 7 heteroatoms. The summed E-state index contributed by atoms with van der Waals surface area (Å²) in [6, 6.07) is 17.3. The number of methoxy groups -OCH3 is 1. The highest BCUT2D eigenvalue weighted by Gasteiger charge is 2.31. The Morgan fingerprint density at radius 3 is 2.41 bits per heavy atom. The second-order valence-corrected chi connectivity index (χ2v) is 8.89. The molecule has 1 atom stereocenters. The summed E-state index contributed by atoms with van der Waals surface area (Å²) in [5.74, 6) is -0.151. The van der Waals surface area contributed by atoms with Crippen LogP contribution in [0.15, 0.2) is 71.6 Å². The zero-order chi connectivity index (χ0) is 21.2. The number of aryl methyl sites for hydroxylation is 1. The number of halogens is 2. The minimum atomic E-state index is -4.05. The first kappa shape index (κ1) is 21.1. The molecule has 3 aromatic rings. The Morgan fingerprint density at radius 2 is 1.76 bits per heavy atom. The van der Waals surface area contributed by atoms with Gasteiger partial charge in [0.25, 0.3) is 10.0 Å². The molecule has 0 heterocycles. The van der Waals surface area contributed by atoms with Crippen molar-refractivity contribution in [1.29, 1.82) is 0 Å². The molecule has 3 aromatic carbocycles. The normalized spacial score (nSPS) is 12.4. The molecule has 29 heavy (non-hydrogen) atoms. The number of rotatable bonds is 6. The highest BCUT2D eigenvalue weighted by molar-refractivity contribution is 7.92. The van der Waals surface area contributed by atoms with Crippen LogP contribution in [0.3, 0.4) is 0 Å². The molecule has 0 aromatic heterocycles. The number of hydrogen-bond donors (Lipinski definition) is 0. The lowest BCUT2D eigenvalue weighted by Crippen LogP contribution is -2.33. The summed E-state index contributed by atoms with van der Waals surface area (Å²) in [7, 11) is -2.54. The van der Waals surface area contributed by atoms with Crippen molar-refractivity contribution in [2.75, 3.05) is 11.4 Å². The lowest BCUT2D eigenvalue weighted by molar-refractivity contribution is 0.415. The fourth-order valence-corrected chi connectivity index (χ4v) is 5.04.